The molecule has 1 fully saturated rings. The Morgan fingerprint density at radius 2 is 1.56 bits per heavy atom. The Kier molecular flexibility index (Phi) is 5.29. The maximum Gasteiger partial charge on any atom is 0.0167 e. The minimum Gasteiger partial charge on any atom is -0.298 e. The van der Waals surface area contributed by atoms with Crippen LogP contribution in [0.2, 0.25) is 0 Å². The molecule has 0 unspecified atom stereocenters. The molecule has 2 nitrogen and oxygen atoms in total. The number of rotatable bonds is 4. The van der Waals surface area contributed by atoms with Crippen molar-refractivity contribution in [3.05, 3.63) is 77.4 Å². The largest absolute Gasteiger partial charge is 0.298 e. The second-order valence-corrected chi connectivity index (χ2v) is 7.31. The van der Waals surface area contributed by atoms with Gasteiger partial charge in [0.15, 0.2) is 0 Å². The van der Waals surface area contributed by atoms with E-state index >= 15 is 0 Å². The Morgan fingerprint density at radius 3 is 2.36 bits per heavy atom. The molecule has 2 aromatic carbocycles. The zero-order valence-electron chi connectivity index (χ0n) is 15.0. The van der Waals surface area contributed by atoms with Crippen molar-refractivity contribution in [2.24, 2.45) is 0 Å². The zero-order chi connectivity index (χ0) is 16.9. The second-order valence-electron chi connectivity index (χ2n) is 7.31. The number of aryl methyl sites for hydroxylation is 1. The summed E-state index contributed by atoms with van der Waals surface area (Å²) in [6.45, 7) is 5.88. The molecule has 0 spiro atoms. The summed E-state index contributed by atoms with van der Waals surface area (Å²) in [6.07, 6.45) is 8.36. The van der Waals surface area contributed by atoms with E-state index in [0.717, 1.165) is 12.6 Å². The third kappa shape index (κ3) is 4.20. The highest BCUT2D eigenvalue weighted by molar-refractivity contribution is 5.48. The summed E-state index contributed by atoms with van der Waals surface area (Å²) in [6, 6.07) is 20.3. The van der Waals surface area contributed by atoms with Gasteiger partial charge in [0.05, 0.1) is 0 Å². The van der Waals surface area contributed by atoms with E-state index in [1.54, 1.807) is 11.1 Å². The molecule has 130 valence electrons. The van der Waals surface area contributed by atoms with E-state index in [2.05, 4.69) is 76.5 Å². The van der Waals surface area contributed by atoms with Gasteiger partial charge in [0, 0.05) is 38.8 Å². The fourth-order valence-corrected chi connectivity index (χ4v) is 4.20. The highest BCUT2D eigenvalue weighted by Crippen LogP contribution is 2.25. The van der Waals surface area contributed by atoms with Crippen LogP contribution in [0.3, 0.4) is 0 Å². The third-order valence-corrected chi connectivity index (χ3v) is 5.72. The van der Waals surface area contributed by atoms with Crippen LogP contribution in [0.15, 0.2) is 60.7 Å². The summed E-state index contributed by atoms with van der Waals surface area (Å²) in [5, 5.41) is 0. The summed E-state index contributed by atoms with van der Waals surface area (Å²) in [7, 11) is 0. The summed E-state index contributed by atoms with van der Waals surface area (Å²) < 4.78 is 0. The first-order chi connectivity index (χ1) is 12.4. The summed E-state index contributed by atoms with van der Waals surface area (Å²) in [5.74, 6) is 0. The van der Waals surface area contributed by atoms with E-state index in [0.29, 0.717) is 0 Å². The van der Waals surface area contributed by atoms with Crippen molar-refractivity contribution < 1.29 is 0 Å². The highest BCUT2D eigenvalue weighted by atomic mass is 15.3. The van der Waals surface area contributed by atoms with Crippen molar-refractivity contribution in [3.63, 3.8) is 0 Å². The van der Waals surface area contributed by atoms with Gasteiger partial charge in [0.2, 0.25) is 0 Å². The lowest BCUT2D eigenvalue weighted by atomic mass is 9.87. The fourth-order valence-electron chi connectivity index (χ4n) is 4.20. The molecule has 25 heavy (non-hydrogen) atoms. The molecule has 0 saturated carbocycles. The van der Waals surface area contributed by atoms with Gasteiger partial charge in [-0.2, -0.15) is 0 Å². The van der Waals surface area contributed by atoms with Gasteiger partial charge in [-0.3, -0.25) is 9.80 Å². The van der Waals surface area contributed by atoms with Gasteiger partial charge in [0.25, 0.3) is 0 Å². The number of nitrogens with zero attached hydrogens (tertiary/aromatic N) is 2. The van der Waals surface area contributed by atoms with Crippen molar-refractivity contribution in [3.8, 4) is 0 Å². The zero-order valence-corrected chi connectivity index (χ0v) is 15.0. The van der Waals surface area contributed by atoms with Crippen LogP contribution in [0.25, 0.3) is 6.08 Å². The van der Waals surface area contributed by atoms with E-state index in [-0.39, 0.29) is 0 Å². The van der Waals surface area contributed by atoms with Gasteiger partial charge in [-0.05, 0) is 36.0 Å². The molecule has 4 rings (SSSR count). The molecule has 2 aromatic rings. The lowest BCUT2D eigenvalue weighted by Crippen LogP contribution is -2.51. The first kappa shape index (κ1) is 16.6. The Bertz CT molecular complexity index is 699. The van der Waals surface area contributed by atoms with Crippen molar-refractivity contribution in [2.75, 3.05) is 32.7 Å². The highest BCUT2D eigenvalue weighted by Gasteiger charge is 2.26. The predicted molar refractivity (Wildman–Crippen MR) is 106 cm³/mol. The predicted octanol–water partition coefficient (Wildman–Crippen LogP) is 3.87. The molecule has 1 atom stereocenters. The number of hydrogen-bond donors (Lipinski definition) is 0. The molecule has 0 amide bonds. The normalized spacial score (nSPS) is 22.2. The van der Waals surface area contributed by atoms with Crippen molar-refractivity contribution in [1.82, 2.24) is 9.80 Å². The molecular formula is C23H28N2. The van der Waals surface area contributed by atoms with E-state index in [1.165, 1.54) is 51.0 Å². The molecule has 2 aliphatic rings. The summed E-state index contributed by atoms with van der Waals surface area (Å²) in [4.78, 5) is 5.31. The van der Waals surface area contributed by atoms with Crippen LogP contribution in [0.5, 0.6) is 0 Å². The molecule has 1 aliphatic heterocycles. The monoisotopic (exact) mass is 332 g/mol. The molecule has 1 saturated heterocycles. The third-order valence-electron chi connectivity index (χ3n) is 5.72. The van der Waals surface area contributed by atoms with Gasteiger partial charge in [-0.1, -0.05) is 66.7 Å². The Labute approximate surface area is 151 Å². The standard InChI is InChI=1S/C23H28N2/c1-2-7-20(8-3-1)9-6-14-24-15-17-25(18-16-24)23-13-12-21-10-4-5-11-22(21)19-23/h1-11,23H,12-19H2/b9-6-/t23-/m0/s1. The van der Waals surface area contributed by atoms with Gasteiger partial charge in [0.1, 0.15) is 0 Å². The second kappa shape index (κ2) is 7.99. The number of piperazine rings is 1. The summed E-state index contributed by atoms with van der Waals surface area (Å²) in [5.41, 5.74) is 4.44. The van der Waals surface area contributed by atoms with E-state index in [4.69, 9.17) is 0 Å². The average molecular weight is 332 g/mol. The van der Waals surface area contributed by atoms with Gasteiger partial charge >= 0.3 is 0 Å². The Hall–Kier alpha value is -1.90. The van der Waals surface area contributed by atoms with Crippen molar-refractivity contribution in [2.45, 2.75) is 25.3 Å². The lowest BCUT2D eigenvalue weighted by Gasteiger charge is -2.41. The van der Waals surface area contributed by atoms with Crippen molar-refractivity contribution in [1.29, 1.82) is 0 Å². The van der Waals surface area contributed by atoms with Crippen LogP contribution < -0.4 is 0 Å². The van der Waals surface area contributed by atoms with Gasteiger partial charge < -0.3 is 0 Å². The smallest absolute Gasteiger partial charge is 0.0167 e. The van der Waals surface area contributed by atoms with Crippen LogP contribution in [0.4, 0.5) is 0 Å². The van der Waals surface area contributed by atoms with E-state index < -0.39 is 0 Å². The minimum absolute atomic E-state index is 0.747. The molecule has 1 heterocycles. The Morgan fingerprint density at radius 1 is 0.840 bits per heavy atom. The molecule has 0 N–H and O–H groups in total. The van der Waals surface area contributed by atoms with Gasteiger partial charge in [-0.25, -0.2) is 0 Å². The van der Waals surface area contributed by atoms with E-state index in [1.807, 2.05) is 0 Å². The van der Waals surface area contributed by atoms with Crippen LogP contribution >= 0.6 is 0 Å². The quantitative estimate of drug-likeness (QED) is 0.838. The SMILES string of the molecule is C(=C/c1ccccc1)/CN1CCN([C@H]2CCc3ccccc3C2)CC1. The topological polar surface area (TPSA) is 6.48 Å². The number of benzene rings is 2. The molecular weight excluding hydrogens is 304 g/mol. The van der Waals surface area contributed by atoms with Gasteiger partial charge in [-0.15, -0.1) is 0 Å². The molecule has 0 radical (unpaired) electrons. The van der Waals surface area contributed by atoms with Crippen LogP contribution in [0, 0.1) is 0 Å². The minimum atomic E-state index is 0.747. The average Bonchev–Trinajstić information content (AvgIpc) is 2.69. The van der Waals surface area contributed by atoms with Crippen LogP contribution in [0.1, 0.15) is 23.1 Å². The maximum absolute atomic E-state index is 2.73. The van der Waals surface area contributed by atoms with Crippen LogP contribution in [-0.2, 0) is 12.8 Å². The summed E-state index contributed by atoms with van der Waals surface area (Å²) >= 11 is 0. The molecule has 0 aromatic heterocycles. The molecule has 1 aliphatic carbocycles. The fraction of sp³-hybridized carbons (Fsp3) is 0.391. The molecule has 2 heteroatoms. The number of hydrogen-bond acceptors (Lipinski definition) is 2. The van der Waals surface area contributed by atoms with Crippen molar-refractivity contribution >= 4 is 6.08 Å². The maximum atomic E-state index is 2.73. The first-order valence-corrected chi connectivity index (χ1v) is 9.63. The van der Waals surface area contributed by atoms with E-state index in [9.17, 15) is 0 Å². The Balaban J connectivity index is 1.26. The lowest BCUT2D eigenvalue weighted by molar-refractivity contribution is 0.0961. The molecule has 0 bridgehead atoms. The first-order valence-electron chi connectivity index (χ1n) is 9.63. The number of fused-ring (bicyclic) bond motifs is 1. The van der Waals surface area contributed by atoms with Crippen LogP contribution in [-0.4, -0.2) is 48.6 Å².